The Morgan fingerprint density at radius 2 is 2.06 bits per heavy atom. The lowest BCUT2D eigenvalue weighted by molar-refractivity contribution is 0.0927. The average Bonchev–Trinajstić information content (AvgIpc) is 3.06. The molecule has 0 bridgehead atoms. The molecule has 0 aliphatic heterocycles. The third-order valence-electron chi connectivity index (χ3n) is 3.00. The molecule has 0 saturated heterocycles. The molecule has 4 heteroatoms. The van der Waals surface area contributed by atoms with Gasteiger partial charge in [-0.15, -0.1) is 0 Å². The molecule has 1 aromatic carbocycles. The molecule has 0 radical (unpaired) electrons. The Kier molecular flexibility index (Phi) is 2.68. The Morgan fingerprint density at radius 3 is 2.89 bits per heavy atom. The summed E-state index contributed by atoms with van der Waals surface area (Å²) in [6, 6.07) is 11.4. The van der Waals surface area contributed by atoms with Gasteiger partial charge in [0.2, 0.25) is 0 Å². The Hall–Kier alpha value is -2.36. The summed E-state index contributed by atoms with van der Waals surface area (Å²) < 4.78 is 5.00. The van der Waals surface area contributed by atoms with Gasteiger partial charge in [0.1, 0.15) is 0 Å². The van der Waals surface area contributed by atoms with Gasteiger partial charge < -0.3 is 4.42 Å². The van der Waals surface area contributed by atoms with Gasteiger partial charge in [-0.25, -0.2) is 5.43 Å². The zero-order chi connectivity index (χ0) is 12.4. The number of benzene rings is 1. The van der Waals surface area contributed by atoms with Crippen molar-refractivity contribution in [3.05, 3.63) is 59.5 Å². The van der Waals surface area contributed by atoms with E-state index in [1.165, 1.54) is 11.8 Å². The van der Waals surface area contributed by atoms with Crippen molar-refractivity contribution in [3.8, 4) is 0 Å². The third kappa shape index (κ3) is 1.93. The zero-order valence-electron chi connectivity index (χ0n) is 9.72. The largest absolute Gasteiger partial charge is 0.459 e. The first-order valence-electron chi connectivity index (χ1n) is 5.83. The fourth-order valence-electron chi connectivity index (χ4n) is 2.10. The van der Waals surface area contributed by atoms with E-state index in [2.05, 4.69) is 16.6 Å². The first-order valence-corrected chi connectivity index (χ1v) is 5.83. The molecule has 3 rings (SSSR count). The van der Waals surface area contributed by atoms with Crippen LogP contribution < -0.4 is 5.43 Å². The van der Waals surface area contributed by atoms with Crippen LogP contribution in [0.2, 0.25) is 0 Å². The van der Waals surface area contributed by atoms with Gasteiger partial charge in [0, 0.05) is 5.56 Å². The molecule has 1 heterocycles. The molecule has 2 aromatic rings. The molecule has 18 heavy (non-hydrogen) atoms. The maximum Gasteiger partial charge on any atom is 0.307 e. The van der Waals surface area contributed by atoms with Crippen molar-refractivity contribution in [3.63, 3.8) is 0 Å². The van der Waals surface area contributed by atoms with Crippen LogP contribution in [0, 0.1) is 0 Å². The van der Waals surface area contributed by atoms with Crippen LogP contribution in [-0.2, 0) is 6.42 Å². The van der Waals surface area contributed by atoms with Crippen LogP contribution in [0.15, 0.2) is 52.2 Å². The number of hydrazone groups is 1. The summed E-state index contributed by atoms with van der Waals surface area (Å²) in [5, 5.41) is 4.18. The molecule has 0 unspecified atom stereocenters. The van der Waals surface area contributed by atoms with Crippen LogP contribution in [0.1, 0.15) is 28.1 Å². The molecule has 4 nitrogen and oxygen atoms in total. The minimum Gasteiger partial charge on any atom is -0.459 e. The number of hydrogen-bond acceptors (Lipinski definition) is 3. The number of rotatable bonds is 2. The van der Waals surface area contributed by atoms with Crippen LogP contribution >= 0.6 is 0 Å². The monoisotopic (exact) mass is 240 g/mol. The normalized spacial score (nSPS) is 15.7. The summed E-state index contributed by atoms with van der Waals surface area (Å²) in [7, 11) is 0. The van der Waals surface area contributed by atoms with E-state index in [1.54, 1.807) is 12.1 Å². The number of carbonyl (C=O) groups excluding carboxylic acids is 1. The number of nitrogens with one attached hydrogen (secondary N) is 1. The molecular formula is C14H12N2O2. The first kappa shape index (κ1) is 10.8. The summed E-state index contributed by atoms with van der Waals surface area (Å²) in [6.45, 7) is 0. The van der Waals surface area contributed by atoms with E-state index >= 15 is 0 Å². The maximum absolute atomic E-state index is 11.7. The minimum absolute atomic E-state index is 0.269. The Morgan fingerprint density at radius 1 is 1.17 bits per heavy atom. The van der Waals surface area contributed by atoms with E-state index in [0.29, 0.717) is 0 Å². The lowest BCUT2D eigenvalue weighted by Gasteiger charge is -2.00. The molecule has 1 aromatic heterocycles. The van der Waals surface area contributed by atoms with E-state index in [-0.39, 0.29) is 11.7 Å². The highest BCUT2D eigenvalue weighted by atomic mass is 16.3. The summed E-state index contributed by atoms with van der Waals surface area (Å²) in [5.74, 6) is -0.0532. The quantitative estimate of drug-likeness (QED) is 0.819. The van der Waals surface area contributed by atoms with Gasteiger partial charge in [-0.05, 0) is 30.5 Å². The van der Waals surface area contributed by atoms with Crippen molar-refractivity contribution in [1.82, 2.24) is 5.43 Å². The van der Waals surface area contributed by atoms with Crippen LogP contribution in [0.3, 0.4) is 0 Å². The second kappa shape index (κ2) is 4.49. The molecule has 1 aliphatic carbocycles. The Bertz CT molecular complexity index is 600. The molecule has 0 fully saturated rings. The lowest BCUT2D eigenvalue weighted by Crippen LogP contribution is -2.18. The van der Waals surface area contributed by atoms with Crippen molar-refractivity contribution < 1.29 is 9.21 Å². The van der Waals surface area contributed by atoms with Gasteiger partial charge in [-0.1, -0.05) is 24.3 Å². The first-order chi connectivity index (χ1) is 8.84. The summed E-state index contributed by atoms with van der Waals surface area (Å²) in [4.78, 5) is 11.7. The Labute approximate surface area is 104 Å². The Balaban J connectivity index is 1.77. The van der Waals surface area contributed by atoms with Gasteiger partial charge >= 0.3 is 5.91 Å². The van der Waals surface area contributed by atoms with Crippen LogP contribution in [0.25, 0.3) is 0 Å². The summed E-state index contributed by atoms with van der Waals surface area (Å²) in [6.07, 6.45) is 3.30. The second-order valence-electron chi connectivity index (χ2n) is 4.13. The lowest BCUT2D eigenvalue weighted by atomic mass is 10.1. The van der Waals surface area contributed by atoms with Crippen molar-refractivity contribution in [2.45, 2.75) is 12.8 Å². The highest BCUT2D eigenvalue weighted by Gasteiger charge is 2.17. The number of hydrogen-bond donors (Lipinski definition) is 1. The molecule has 0 spiro atoms. The van der Waals surface area contributed by atoms with Gasteiger partial charge in [0.25, 0.3) is 0 Å². The van der Waals surface area contributed by atoms with E-state index in [0.717, 1.165) is 24.1 Å². The smallest absolute Gasteiger partial charge is 0.307 e. The van der Waals surface area contributed by atoms with Crippen molar-refractivity contribution >= 4 is 11.6 Å². The topological polar surface area (TPSA) is 54.6 Å². The van der Waals surface area contributed by atoms with E-state index in [4.69, 9.17) is 4.42 Å². The highest BCUT2D eigenvalue weighted by molar-refractivity contribution is 6.05. The zero-order valence-corrected chi connectivity index (χ0v) is 9.72. The molecule has 0 atom stereocenters. The molecule has 1 aliphatic rings. The SMILES string of the molecule is O=C(N/N=C1/CCc2ccccc21)c1ccco1. The summed E-state index contributed by atoms with van der Waals surface area (Å²) in [5.41, 5.74) is 5.85. The van der Waals surface area contributed by atoms with Crippen LogP contribution in [0.4, 0.5) is 0 Å². The average molecular weight is 240 g/mol. The molecule has 0 saturated carbocycles. The van der Waals surface area contributed by atoms with E-state index in [9.17, 15) is 4.79 Å². The fourth-order valence-corrected chi connectivity index (χ4v) is 2.10. The number of carbonyl (C=O) groups is 1. The summed E-state index contributed by atoms with van der Waals surface area (Å²) >= 11 is 0. The number of furan rings is 1. The van der Waals surface area contributed by atoms with Gasteiger partial charge in [-0.3, -0.25) is 4.79 Å². The molecule has 90 valence electrons. The number of nitrogens with zero attached hydrogens (tertiary/aromatic N) is 1. The number of amides is 1. The highest BCUT2D eigenvalue weighted by Crippen LogP contribution is 2.21. The standard InChI is InChI=1S/C14H12N2O2/c17-14(13-6-3-9-18-13)16-15-12-8-7-10-4-1-2-5-11(10)12/h1-6,9H,7-8H2,(H,16,17)/b15-12-. The predicted molar refractivity (Wildman–Crippen MR) is 67.5 cm³/mol. The van der Waals surface area contributed by atoms with Crippen molar-refractivity contribution in [2.24, 2.45) is 5.10 Å². The molecular weight excluding hydrogens is 228 g/mol. The van der Waals surface area contributed by atoms with Gasteiger partial charge in [-0.2, -0.15) is 5.10 Å². The van der Waals surface area contributed by atoms with Crippen LogP contribution in [-0.4, -0.2) is 11.6 Å². The minimum atomic E-state index is -0.322. The number of aryl methyl sites for hydroxylation is 1. The van der Waals surface area contributed by atoms with E-state index < -0.39 is 0 Å². The third-order valence-corrected chi connectivity index (χ3v) is 3.00. The molecule has 1 N–H and O–H groups in total. The van der Waals surface area contributed by atoms with Crippen molar-refractivity contribution in [1.29, 1.82) is 0 Å². The van der Waals surface area contributed by atoms with Gasteiger partial charge in [0.15, 0.2) is 5.76 Å². The predicted octanol–water partition coefficient (Wildman–Crippen LogP) is 2.36. The molecule has 1 amide bonds. The van der Waals surface area contributed by atoms with Gasteiger partial charge in [0.05, 0.1) is 12.0 Å². The number of fused-ring (bicyclic) bond motifs is 1. The maximum atomic E-state index is 11.7. The van der Waals surface area contributed by atoms with Crippen molar-refractivity contribution in [2.75, 3.05) is 0 Å². The van der Waals surface area contributed by atoms with E-state index in [1.807, 2.05) is 18.2 Å². The second-order valence-corrected chi connectivity index (χ2v) is 4.13. The fraction of sp³-hybridized carbons (Fsp3) is 0.143. The van der Waals surface area contributed by atoms with Crippen LogP contribution in [0.5, 0.6) is 0 Å².